The molecule has 0 saturated carbocycles. The molecule has 0 radical (unpaired) electrons. The van der Waals surface area contributed by atoms with Crippen LogP contribution in [-0.4, -0.2) is 18.4 Å². The quantitative estimate of drug-likeness (QED) is 0.907. The summed E-state index contributed by atoms with van der Waals surface area (Å²) in [7, 11) is 0. The van der Waals surface area contributed by atoms with Crippen LogP contribution in [0, 0.1) is 20.8 Å². The summed E-state index contributed by atoms with van der Waals surface area (Å²) in [4.78, 5) is 23.7. The van der Waals surface area contributed by atoms with E-state index in [1.165, 1.54) is 0 Å². The van der Waals surface area contributed by atoms with Crippen LogP contribution in [0.4, 0.5) is 5.69 Å². The molecule has 0 bridgehead atoms. The van der Waals surface area contributed by atoms with Crippen molar-refractivity contribution in [1.82, 2.24) is 5.32 Å². The maximum absolute atomic E-state index is 11.9. The van der Waals surface area contributed by atoms with E-state index in [0.717, 1.165) is 16.8 Å². The van der Waals surface area contributed by atoms with Crippen molar-refractivity contribution in [2.75, 3.05) is 11.9 Å². The molecule has 1 heterocycles. The van der Waals surface area contributed by atoms with E-state index in [1.807, 2.05) is 32.0 Å². The lowest BCUT2D eigenvalue weighted by Crippen LogP contribution is -2.32. The number of benzene rings is 1. The van der Waals surface area contributed by atoms with Crippen molar-refractivity contribution in [3.63, 3.8) is 0 Å². The van der Waals surface area contributed by atoms with Crippen LogP contribution < -0.4 is 10.6 Å². The first kappa shape index (κ1) is 14.8. The van der Waals surface area contributed by atoms with Gasteiger partial charge in [-0.25, -0.2) is 0 Å². The summed E-state index contributed by atoms with van der Waals surface area (Å²) in [6.07, 6.45) is 0. The molecule has 2 amide bonds. The fraction of sp³-hybridized carbons (Fsp3) is 0.250. The predicted octanol–water partition coefficient (Wildman–Crippen LogP) is 2.57. The first-order chi connectivity index (χ1) is 9.97. The highest BCUT2D eigenvalue weighted by atomic mass is 16.3. The molecule has 0 aliphatic carbocycles. The molecule has 2 aromatic rings. The molecule has 0 spiro atoms. The molecule has 0 unspecified atom stereocenters. The number of aryl methyl sites for hydroxylation is 3. The van der Waals surface area contributed by atoms with Crippen LogP contribution in [0.2, 0.25) is 0 Å². The SMILES string of the molecule is Cc1ccc(C(=O)NCC(=O)Nc2c(C)cccc2C)o1. The molecular weight excluding hydrogens is 268 g/mol. The van der Waals surface area contributed by atoms with E-state index >= 15 is 0 Å². The van der Waals surface area contributed by atoms with Gasteiger partial charge in [-0.2, -0.15) is 0 Å². The summed E-state index contributed by atoms with van der Waals surface area (Å²) in [5.74, 6) is 0.177. The summed E-state index contributed by atoms with van der Waals surface area (Å²) in [6, 6.07) is 9.06. The van der Waals surface area contributed by atoms with Crippen LogP contribution in [0.25, 0.3) is 0 Å². The Morgan fingerprint density at radius 2 is 1.71 bits per heavy atom. The zero-order chi connectivity index (χ0) is 15.4. The third kappa shape index (κ3) is 3.72. The van der Waals surface area contributed by atoms with Gasteiger partial charge in [-0.05, 0) is 44.0 Å². The minimum absolute atomic E-state index is 0.105. The van der Waals surface area contributed by atoms with Crippen LogP contribution in [-0.2, 0) is 4.79 Å². The highest BCUT2D eigenvalue weighted by Gasteiger charge is 2.12. The summed E-state index contributed by atoms with van der Waals surface area (Å²) < 4.78 is 5.19. The second-order valence-corrected chi connectivity index (χ2v) is 4.91. The van der Waals surface area contributed by atoms with E-state index < -0.39 is 5.91 Å². The molecule has 0 fully saturated rings. The third-order valence-electron chi connectivity index (χ3n) is 3.12. The number of para-hydroxylation sites is 1. The Morgan fingerprint density at radius 1 is 1.05 bits per heavy atom. The molecule has 2 rings (SSSR count). The van der Waals surface area contributed by atoms with Gasteiger partial charge < -0.3 is 15.1 Å². The normalized spacial score (nSPS) is 10.2. The minimum atomic E-state index is -0.403. The van der Waals surface area contributed by atoms with E-state index in [2.05, 4.69) is 10.6 Å². The number of amides is 2. The van der Waals surface area contributed by atoms with E-state index in [4.69, 9.17) is 4.42 Å². The van der Waals surface area contributed by atoms with Gasteiger partial charge in [0.25, 0.3) is 5.91 Å². The number of hydrogen-bond donors (Lipinski definition) is 2. The fourth-order valence-corrected chi connectivity index (χ4v) is 2.00. The van der Waals surface area contributed by atoms with Crippen molar-refractivity contribution >= 4 is 17.5 Å². The maximum Gasteiger partial charge on any atom is 0.287 e. The largest absolute Gasteiger partial charge is 0.456 e. The van der Waals surface area contributed by atoms with Gasteiger partial charge in [0, 0.05) is 5.69 Å². The number of nitrogens with one attached hydrogen (secondary N) is 2. The van der Waals surface area contributed by atoms with Crippen LogP contribution in [0.1, 0.15) is 27.4 Å². The van der Waals surface area contributed by atoms with Crippen molar-refractivity contribution < 1.29 is 14.0 Å². The van der Waals surface area contributed by atoms with Crippen molar-refractivity contribution in [3.05, 3.63) is 53.0 Å². The van der Waals surface area contributed by atoms with Crippen LogP contribution in [0.5, 0.6) is 0 Å². The molecule has 0 saturated heterocycles. The van der Waals surface area contributed by atoms with E-state index in [0.29, 0.717) is 5.76 Å². The van der Waals surface area contributed by atoms with Gasteiger partial charge in [-0.1, -0.05) is 18.2 Å². The Labute approximate surface area is 123 Å². The third-order valence-corrected chi connectivity index (χ3v) is 3.12. The first-order valence-corrected chi connectivity index (χ1v) is 6.68. The predicted molar refractivity (Wildman–Crippen MR) is 80.3 cm³/mol. The Balaban J connectivity index is 1.92. The molecule has 1 aromatic carbocycles. The topological polar surface area (TPSA) is 71.3 Å². The second-order valence-electron chi connectivity index (χ2n) is 4.91. The zero-order valence-corrected chi connectivity index (χ0v) is 12.3. The van der Waals surface area contributed by atoms with Crippen LogP contribution in [0.15, 0.2) is 34.7 Å². The average Bonchev–Trinajstić information content (AvgIpc) is 2.87. The summed E-state index contributed by atoms with van der Waals surface area (Å²) in [6.45, 7) is 5.50. The smallest absolute Gasteiger partial charge is 0.287 e. The van der Waals surface area contributed by atoms with Crippen molar-refractivity contribution in [3.8, 4) is 0 Å². The number of rotatable bonds is 4. The summed E-state index contributed by atoms with van der Waals surface area (Å²) >= 11 is 0. The van der Waals surface area contributed by atoms with E-state index in [1.54, 1.807) is 19.1 Å². The van der Waals surface area contributed by atoms with Gasteiger partial charge in [-0.3, -0.25) is 9.59 Å². The number of furan rings is 1. The Bertz CT molecular complexity index is 654. The van der Waals surface area contributed by atoms with Gasteiger partial charge in [0.05, 0.1) is 6.54 Å². The molecule has 1 aromatic heterocycles. The minimum Gasteiger partial charge on any atom is -0.456 e. The van der Waals surface area contributed by atoms with Crippen molar-refractivity contribution in [2.45, 2.75) is 20.8 Å². The molecule has 0 atom stereocenters. The van der Waals surface area contributed by atoms with Gasteiger partial charge in [0.2, 0.25) is 5.91 Å². The second kappa shape index (κ2) is 6.26. The molecule has 0 aliphatic heterocycles. The lowest BCUT2D eigenvalue weighted by atomic mass is 10.1. The first-order valence-electron chi connectivity index (χ1n) is 6.68. The van der Waals surface area contributed by atoms with Gasteiger partial charge >= 0.3 is 0 Å². The van der Waals surface area contributed by atoms with Crippen LogP contribution >= 0.6 is 0 Å². The molecule has 5 nitrogen and oxygen atoms in total. The summed E-state index contributed by atoms with van der Waals surface area (Å²) in [5.41, 5.74) is 2.75. The van der Waals surface area contributed by atoms with Gasteiger partial charge in [-0.15, -0.1) is 0 Å². The molecule has 110 valence electrons. The van der Waals surface area contributed by atoms with Gasteiger partial charge in [0.1, 0.15) is 5.76 Å². The Kier molecular flexibility index (Phi) is 4.42. The number of hydrogen-bond acceptors (Lipinski definition) is 3. The van der Waals surface area contributed by atoms with Crippen molar-refractivity contribution in [2.24, 2.45) is 0 Å². The molecule has 2 N–H and O–H groups in total. The number of carbonyl (C=O) groups excluding carboxylic acids is 2. The molecular formula is C16H18N2O3. The number of anilines is 1. The highest BCUT2D eigenvalue weighted by molar-refractivity contribution is 5.98. The van der Waals surface area contributed by atoms with Crippen molar-refractivity contribution in [1.29, 1.82) is 0 Å². The van der Waals surface area contributed by atoms with E-state index in [-0.39, 0.29) is 18.2 Å². The average molecular weight is 286 g/mol. The number of carbonyl (C=O) groups is 2. The van der Waals surface area contributed by atoms with Gasteiger partial charge in [0.15, 0.2) is 5.76 Å². The fourth-order valence-electron chi connectivity index (χ4n) is 2.00. The standard InChI is InChI=1S/C16H18N2O3/c1-10-5-4-6-11(2)15(10)18-14(19)9-17-16(20)13-8-7-12(3)21-13/h4-8H,9H2,1-3H3,(H,17,20)(H,18,19). The highest BCUT2D eigenvalue weighted by Crippen LogP contribution is 2.19. The maximum atomic E-state index is 11.9. The summed E-state index contributed by atoms with van der Waals surface area (Å²) in [5, 5.41) is 5.33. The molecule has 21 heavy (non-hydrogen) atoms. The monoisotopic (exact) mass is 286 g/mol. The lowest BCUT2D eigenvalue weighted by Gasteiger charge is -2.11. The molecule has 5 heteroatoms. The Hall–Kier alpha value is -2.56. The Morgan fingerprint density at radius 3 is 2.29 bits per heavy atom. The van der Waals surface area contributed by atoms with E-state index in [9.17, 15) is 9.59 Å². The lowest BCUT2D eigenvalue weighted by molar-refractivity contribution is -0.115. The zero-order valence-electron chi connectivity index (χ0n) is 12.3. The van der Waals surface area contributed by atoms with Crippen LogP contribution in [0.3, 0.4) is 0 Å². The molecule has 0 aliphatic rings.